The van der Waals surface area contributed by atoms with E-state index in [-0.39, 0.29) is 24.6 Å². The average Bonchev–Trinajstić information content (AvgIpc) is 2.62. The summed E-state index contributed by atoms with van der Waals surface area (Å²) in [5.41, 5.74) is 0.473. The van der Waals surface area contributed by atoms with Gasteiger partial charge >= 0.3 is 11.9 Å². The monoisotopic (exact) mass is 334 g/mol. The molecular weight excluding hydrogens is 312 g/mol. The molecule has 0 spiro atoms. The fourth-order valence-electron chi connectivity index (χ4n) is 3.21. The van der Waals surface area contributed by atoms with Crippen molar-refractivity contribution in [1.29, 1.82) is 0 Å². The number of rotatable bonds is 4. The van der Waals surface area contributed by atoms with Gasteiger partial charge in [0.05, 0.1) is 31.3 Å². The second-order valence-corrected chi connectivity index (χ2v) is 6.09. The van der Waals surface area contributed by atoms with E-state index < -0.39 is 18.2 Å². The van der Waals surface area contributed by atoms with Crippen LogP contribution in [0.3, 0.4) is 0 Å². The molecular formula is C18H22O6. The van der Waals surface area contributed by atoms with E-state index in [0.717, 1.165) is 12.8 Å². The normalized spacial score (nSPS) is 29.4. The van der Waals surface area contributed by atoms with Crippen LogP contribution in [0.5, 0.6) is 0 Å². The Balaban J connectivity index is 1.71. The van der Waals surface area contributed by atoms with Crippen molar-refractivity contribution in [2.75, 3.05) is 13.7 Å². The van der Waals surface area contributed by atoms with Crippen molar-refractivity contribution < 1.29 is 28.5 Å². The highest BCUT2D eigenvalue weighted by Crippen LogP contribution is 2.32. The second kappa shape index (κ2) is 7.77. The van der Waals surface area contributed by atoms with Crippen molar-refractivity contribution in [3.8, 4) is 0 Å². The summed E-state index contributed by atoms with van der Waals surface area (Å²) in [4.78, 5) is 24.0. The SMILES string of the molecule is COC(=O)C[C@H]1O[C@@H]2CCCO[C@@H]2C[C@H]1OC(=O)c1ccccc1. The standard InChI is InChI=1S/C18H22O6/c1-21-17(19)11-16-15(10-14-13(23-16)8-5-9-22-14)24-18(20)12-6-3-2-4-7-12/h2-4,6-7,13-16H,5,8-11H2,1H3/t13-,14-,15-,16-/m1/s1. The number of benzene rings is 1. The fourth-order valence-corrected chi connectivity index (χ4v) is 3.21. The minimum atomic E-state index is -0.531. The molecule has 2 aliphatic heterocycles. The molecule has 4 atom stereocenters. The largest absolute Gasteiger partial charge is 0.469 e. The van der Waals surface area contributed by atoms with Gasteiger partial charge in [0.2, 0.25) is 0 Å². The Morgan fingerprint density at radius 3 is 2.75 bits per heavy atom. The van der Waals surface area contributed by atoms with E-state index in [2.05, 4.69) is 0 Å². The van der Waals surface area contributed by atoms with Crippen molar-refractivity contribution in [3.63, 3.8) is 0 Å². The maximum absolute atomic E-state index is 12.3. The molecule has 130 valence electrons. The van der Waals surface area contributed by atoms with Crippen LogP contribution in [0.15, 0.2) is 30.3 Å². The molecule has 0 radical (unpaired) electrons. The van der Waals surface area contributed by atoms with Crippen LogP contribution in [0.4, 0.5) is 0 Å². The van der Waals surface area contributed by atoms with Gasteiger partial charge in [0.1, 0.15) is 12.2 Å². The van der Waals surface area contributed by atoms with Crippen LogP contribution in [-0.4, -0.2) is 50.1 Å². The first-order chi connectivity index (χ1) is 11.7. The molecule has 1 aromatic rings. The minimum absolute atomic E-state index is 0.0555. The number of hydrogen-bond donors (Lipinski definition) is 0. The second-order valence-electron chi connectivity index (χ2n) is 6.09. The molecule has 0 N–H and O–H groups in total. The van der Waals surface area contributed by atoms with Gasteiger partial charge in [-0.25, -0.2) is 4.79 Å². The maximum atomic E-state index is 12.3. The highest BCUT2D eigenvalue weighted by molar-refractivity contribution is 5.89. The van der Waals surface area contributed by atoms with Gasteiger partial charge in [-0.3, -0.25) is 4.79 Å². The maximum Gasteiger partial charge on any atom is 0.338 e. The predicted octanol–water partition coefficient (Wildman–Crippen LogP) is 2.11. The Morgan fingerprint density at radius 1 is 1.21 bits per heavy atom. The molecule has 2 fully saturated rings. The summed E-state index contributed by atoms with van der Waals surface area (Å²) < 4.78 is 22.1. The fraction of sp³-hybridized carbons (Fsp3) is 0.556. The molecule has 0 aromatic heterocycles. The number of esters is 2. The Kier molecular flexibility index (Phi) is 5.48. The molecule has 3 rings (SSSR count). The van der Waals surface area contributed by atoms with E-state index in [1.807, 2.05) is 6.07 Å². The summed E-state index contributed by atoms with van der Waals surface area (Å²) in [6.45, 7) is 0.686. The van der Waals surface area contributed by atoms with Crippen LogP contribution in [0, 0.1) is 0 Å². The van der Waals surface area contributed by atoms with Gasteiger partial charge in [0.25, 0.3) is 0 Å². The predicted molar refractivity (Wildman–Crippen MR) is 84.5 cm³/mol. The Bertz CT molecular complexity index is 572. The van der Waals surface area contributed by atoms with Crippen molar-refractivity contribution in [1.82, 2.24) is 0 Å². The van der Waals surface area contributed by atoms with Gasteiger partial charge in [-0.15, -0.1) is 0 Å². The molecule has 0 amide bonds. The van der Waals surface area contributed by atoms with Crippen LogP contribution in [0.25, 0.3) is 0 Å². The molecule has 0 saturated carbocycles. The summed E-state index contributed by atoms with van der Waals surface area (Å²) in [7, 11) is 1.34. The summed E-state index contributed by atoms with van der Waals surface area (Å²) >= 11 is 0. The third kappa shape index (κ3) is 3.94. The van der Waals surface area contributed by atoms with Crippen molar-refractivity contribution in [2.45, 2.75) is 50.1 Å². The van der Waals surface area contributed by atoms with Crippen LogP contribution in [0.1, 0.15) is 36.0 Å². The lowest BCUT2D eigenvalue weighted by molar-refractivity contribution is -0.206. The number of ether oxygens (including phenoxy) is 4. The van der Waals surface area contributed by atoms with Crippen molar-refractivity contribution in [2.24, 2.45) is 0 Å². The molecule has 1 aromatic carbocycles. The zero-order valence-corrected chi connectivity index (χ0v) is 13.7. The Hall–Kier alpha value is -1.92. The zero-order chi connectivity index (χ0) is 16.9. The van der Waals surface area contributed by atoms with E-state index in [1.165, 1.54) is 7.11 Å². The van der Waals surface area contributed by atoms with Gasteiger partial charge in [-0.2, -0.15) is 0 Å². The van der Waals surface area contributed by atoms with Gasteiger partial charge in [-0.1, -0.05) is 18.2 Å². The van der Waals surface area contributed by atoms with Crippen LogP contribution in [0.2, 0.25) is 0 Å². The van der Waals surface area contributed by atoms with E-state index in [4.69, 9.17) is 18.9 Å². The number of fused-ring (bicyclic) bond motifs is 1. The summed E-state index contributed by atoms with van der Waals surface area (Å²) in [5, 5.41) is 0. The molecule has 0 aliphatic carbocycles. The summed E-state index contributed by atoms with van der Waals surface area (Å²) in [5.74, 6) is -0.802. The van der Waals surface area contributed by atoms with Crippen molar-refractivity contribution >= 4 is 11.9 Å². The first-order valence-electron chi connectivity index (χ1n) is 8.27. The average molecular weight is 334 g/mol. The van der Waals surface area contributed by atoms with E-state index in [9.17, 15) is 9.59 Å². The first kappa shape index (κ1) is 16.9. The lowest BCUT2D eigenvalue weighted by Crippen LogP contribution is -2.52. The summed E-state index contributed by atoms with van der Waals surface area (Å²) in [6.07, 6.45) is 1.23. The number of hydrogen-bond acceptors (Lipinski definition) is 6. The molecule has 0 unspecified atom stereocenters. The van der Waals surface area contributed by atoms with Crippen LogP contribution in [-0.2, 0) is 23.7 Å². The smallest absolute Gasteiger partial charge is 0.338 e. The highest BCUT2D eigenvalue weighted by Gasteiger charge is 2.42. The molecule has 0 bridgehead atoms. The zero-order valence-electron chi connectivity index (χ0n) is 13.7. The first-order valence-corrected chi connectivity index (χ1v) is 8.27. The van der Waals surface area contributed by atoms with E-state index in [1.54, 1.807) is 24.3 Å². The third-order valence-electron chi connectivity index (χ3n) is 4.47. The van der Waals surface area contributed by atoms with Gasteiger partial charge in [0.15, 0.2) is 0 Å². The highest BCUT2D eigenvalue weighted by atomic mass is 16.6. The number of carbonyl (C=O) groups is 2. The van der Waals surface area contributed by atoms with Gasteiger partial charge < -0.3 is 18.9 Å². The lowest BCUT2D eigenvalue weighted by Gasteiger charge is -2.42. The van der Waals surface area contributed by atoms with E-state index >= 15 is 0 Å². The topological polar surface area (TPSA) is 71.1 Å². The van der Waals surface area contributed by atoms with Gasteiger partial charge in [-0.05, 0) is 25.0 Å². The van der Waals surface area contributed by atoms with Crippen LogP contribution >= 0.6 is 0 Å². The lowest BCUT2D eigenvalue weighted by atomic mass is 9.92. The molecule has 24 heavy (non-hydrogen) atoms. The van der Waals surface area contributed by atoms with Gasteiger partial charge in [0, 0.05) is 13.0 Å². The Labute approximate surface area is 141 Å². The summed E-state index contributed by atoms with van der Waals surface area (Å²) in [6, 6.07) is 8.78. The third-order valence-corrected chi connectivity index (χ3v) is 4.47. The minimum Gasteiger partial charge on any atom is -0.469 e. The number of methoxy groups -OCH3 is 1. The molecule has 2 heterocycles. The van der Waals surface area contributed by atoms with E-state index in [0.29, 0.717) is 18.6 Å². The van der Waals surface area contributed by atoms with Crippen molar-refractivity contribution in [3.05, 3.63) is 35.9 Å². The Morgan fingerprint density at radius 2 is 2.00 bits per heavy atom. The molecule has 6 nitrogen and oxygen atoms in total. The molecule has 2 saturated heterocycles. The molecule has 6 heteroatoms. The number of carbonyl (C=O) groups excluding carboxylic acids is 2. The molecule has 2 aliphatic rings. The quantitative estimate of drug-likeness (QED) is 0.786. The van der Waals surface area contributed by atoms with Crippen LogP contribution < -0.4 is 0 Å².